The van der Waals surface area contributed by atoms with Crippen LogP contribution >= 0.6 is 11.3 Å². The van der Waals surface area contributed by atoms with Crippen LogP contribution in [0.1, 0.15) is 56.4 Å². The number of methoxy groups -OCH3 is 1. The van der Waals surface area contributed by atoms with E-state index in [0.717, 1.165) is 29.7 Å². The molecule has 0 radical (unpaired) electrons. The van der Waals surface area contributed by atoms with Gasteiger partial charge in [-0.25, -0.2) is 9.97 Å². The monoisotopic (exact) mass is 518 g/mol. The number of aromatic nitrogens is 2. The molecule has 2 N–H and O–H groups in total. The van der Waals surface area contributed by atoms with Crippen LogP contribution in [0.5, 0.6) is 11.5 Å². The minimum Gasteiger partial charge on any atom is -0.493 e. The van der Waals surface area contributed by atoms with Gasteiger partial charge >= 0.3 is 0 Å². The first kappa shape index (κ1) is 26.9. The summed E-state index contributed by atoms with van der Waals surface area (Å²) in [4.78, 5) is 10.7. The SMILES string of the molecule is CNCc1ccccc1-c1csc(C(C)Nc2nc(C)nc3cc(OCCC(C)(C)C)c(OC)cc23)c1. The van der Waals surface area contributed by atoms with Gasteiger partial charge in [-0.1, -0.05) is 45.0 Å². The molecule has 0 aliphatic carbocycles. The van der Waals surface area contributed by atoms with Crippen molar-refractivity contribution in [3.05, 3.63) is 64.1 Å². The minimum absolute atomic E-state index is 0.0708. The first-order valence-electron chi connectivity index (χ1n) is 12.8. The van der Waals surface area contributed by atoms with E-state index in [0.29, 0.717) is 23.9 Å². The molecule has 0 aliphatic rings. The second kappa shape index (κ2) is 11.5. The summed E-state index contributed by atoms with van der Waals surface area (Å²) >= 11 is 1.76. The van der Waals surface area contributed by atoms with Crippen molar-refractivity contribution in [3.63, 3.8) is 0 Å². The average Bonchev–Trinajstić information content (AvgIpc) is 3.34. The van der Waals surface area contributed by atoms with Crippen LogP contribution in [0, 0.1) is 12.3 Å². The fraction of sp³-hybridized carbons (Fsp3) is 0.400. The van der Waals surface area contributed by atoms with E-state index >= 15 is 0 Å². The Hall–Kier alpha value is -3.16. The molecule has 2 aromatic heterocycles. The number of anilines is 1. The van der Waals surface area contributed by atoms with E-state index in [4.69, 9.17) is 19.4 Å². The Morgan fingerprint density at radius 1 is 1.05 bits per heavy atom. The van der Waals surface area contributed by atoms with Gasteiger partial charge in [-0.2, -0.15) is 0 Å². The molecule has 6 nitrogen and oxygen atoms in total. The van der Waals surface area contributed by atoms with Gasteiger partial charge in [0.15, 0.2) is 11.5 Å². The molecule has 0 aliphatic heterocycles. The van der Waals surface area contributed by atoms with E-state index in [9.17, 15) is 0 Å². The number of nitrogens with one attached hydrogen (secondary N) is 2. The van der Waals surface area contributed by atoms with Crippen LogP contribution in [-0.2, 0) is 6.54 Å². The highest BCUT2D eigenvalue weighted by atomic mass is 32.1. The van der Waals surface area contributed by atoms with E-state index in [2.05, 4.69) is 74.0 Å². The third kappa shape index (κ3) is 6.59. The lowest BCUT2D eigenvalue weighted by Crippen LogP contribution is -2.11. The molecule has 2 heterocycles. The summed E-state index contributed by atoms with van der Waals surface area (Å²) in [5, 5.41) is 10.0. The maximum Gasteiger partial charge on any atom is 0.163 e. The Labute approximate surface area is 224 Å². The second-order valence-electron chi connectivity index (χ2n) is 10.6. The fourth-order valence-corrected chi connectivity index (χ4v) is 5.16. The van der Waals surface area contributed by atoms with Crippen molar-refractivity contribution < 1.29 is 9.47 Å². The molecule has 196 valence electrons. The molecule has 0 spiro atoms. The largest absolute Gasteiger partial charge is 0.493 e. The van der Waals surface area contributed by atoms with Crippen LogP contribution < -0.4 is 20.1 Å². The lowest BCUT2D eigenvalue weighted by molar-refractivity contribution is 0.234. The third-order valence-electron chi connectivity index (χ3n) is 6.30. The van der Waals surface area contributed by atoms with Crippen LogP contribution in [-0.4, -0.2) is 30.7 Å². The molecular formula is C30H38N4O2S. The van der Waals surface area contributed by atoms with Crippen molar-refractivity contribution in [2.75, 3.05) is 26.1 Å². The fourth-order valence-electron chi connectivity index (χ4n) is 4.25. The van der Waals surface area contributed by atoms with Crippen molar-refractivity contribution in [2.24, 2.45) is 5.41 Å². The molecule has 0 saturated carbocycles. The Kier molecular flexibility index (Phi) is 8.35. The lowest BCUT2D eigenvalue weighted by atomic mass is 9.93. The average molecular weight is 519 g/mol. The van der Waals surface area contributed by atoms with Crippen molar-refractivity contribution in [1.82, 2.24) is 15.3 Å². The zero-order valence-corrected chi connectivity index (χ0v) is 23.8. The van der Waals surface area contributed by atoms with Gasteiger partial charge in [0.05, 0.1) is 25.3 Å². The van der Waals surface area contributed by atoms with Gasteiger partial charge in [0.2, 0.25) is 0 Å². The summed E-state index contributed by atoms with van der Waals surface area (Å²) in [6.45, 7) is 12.2. The Morgan fingerprint density at radius 2 is 1.84 bits per heavy atom. The highest BCUT2D eigenvalue weighted by molar-refractivity contribution is 7.10. The molecule has 4 aromatic rings. The summed E-state index contributed by atoms with van der Waals surface area (Å²) in [6.07, 6.45) is 0.948. The number of hydrogen-bond acceptors (Lipinski definition) is 7. The molecular weight excluding hydrogens is 480 g/mol. The van der Waals surface area contributed by atoms with E-state index in [1.165, 1.54) is 21.6 Å². The number of hydrogen-bond donors (Lipinski definition) is 2. The van der Waals surface area contributed by atoms with Gasteiger partial charge in [0.25, 0.3) is 0 Å². The first-order chi connectivity index (χ1) is 17.7. The molecule has 1 unspecified atom stereocenters. The molecule has 2 aromatic carbocycles. The normalized spacial score (nSPS) is 12.5. The van der Waals surface area contributed by atoms with Gasteiger partial charge < -0.3 is 20.1 Å². The number of aryl methyl sites for hydroxylation is 1. The van der Waals surface area contributed by atoms with Gasteiger partial charge in [0.1, 0.15) is 11.6 Å². The molecule has 0 amide bonds. The van der Waals surface area contributed by atoms with E-state index in [1.54, 1.807) is 18.4 Å². The predicted octanol–water partition coefficient (Wildman–Crippen LogP) is 7.38. The van der Waals surface area contributed by atoms with Gasteiger partial charge in [-0.3, -0.25) is 0 Å². The topological polar surface area (TPSA) is 68.3 Å². The van der Waals surface area contributed by atoms with Gasteiger partial charge in [-0.15, -0.1) is 11.3 Å². The second-order valence-corrected chi connectivity index (χ2v) is 11.5. The quantitative estimate of drug-likeness (QED) is 0.228. The standard InChI is InChI=1S/C30H38N4O2S/c1-19(28-14-22(18-37-28)23-11-9-8-10-21(23)17-31-6)32-29-24-15-26(35-7)27(36-13-12-30(3,4)5)16-25(24)33-20(2)34-29/h8-11,14-16,18-19,31H,12-13,17H2,1-7H3,(H,32,33,34). The molecule has 1 atom stereocenters. The van der Waals surface area contributed by atoms with Gasteiger partial charge in [-0.05, 0) is 66.9 Å². The lowest BCUT2D eigenvalue weighted by Gasteiger charge is -2.20. The molecule has 4 rings (SSSR count). The Morgan fingerprint density at radius 3 is 2.57 bits per heavy atom. The van der Waals surface area contributed by atoms with Crippen molar-refractivity contribution in [3.8, 4) is 22.6 Å². The van der Waals surface area contributed by atoms with E-state index in [1.807, 2.05) is 26.1 Å². The molecule has 0 saturated heterocycles. The minimum atomic E-state index is 0.0708. The number of ether oxygens (including phenoxy) is 2. The maximum atomic E-state index is 6.11. The summed E-state index contributed by atoms with van der Waals surface area (Å²) in [6, 6.07) is 14.8. The highest BCUT2D eigenvalue weighted by Gasteiger charge is 2.18. The van der Waals surface area contributed by atoms with E-state index in [-0.39, 0.29) is 11.5 Å². The number of benzene rings is 2. The molecule has 0 fully saturated rings. The third-order valence-corrected chi connectivity index (χ3v) is 7.41. The number of nitrogens with zero attached hydrogens (tertiary/aromatic N) is 2. The highest BCUT2D eigenvalue weighted by Crippen LogP contribution is 2.37. The van der Waals surface area contributed by atoms with Crippen LogP contribution in [0.15, 0.2) is 47.8 Å². The van der Waals surface area contributed by atoms with Crippen molar-refractivity contribution in [2.45, 2.75) is 53.6 Å². The van der Waals surface area contributed by atoms with Crippen molar-refractivity contribution in [1.29, 1.82) is 0 Å². The zero-order chi connectivity index (χ0) is 26.6. The number of rotatable bonds is 10. The van der Waals surface area contributed by atoms with Crippen LogP contribution in [0.2, 0.25) is 0 Å². The van der Waals surface area contributed by atoms with E-state index < -0.39 is 0 Å². The summed E-state index contributed by atoms with van der Waals surface area (Å²) in [7, 11) is 3.65. The summed E-state index contributed by atoms with van der Waals surface area (Å²) in [5.74, 6) is 2.89. The van der Waals surface area contributed by atoms with Crippen molar-refractivity contribution >= 4 is 28.1 Å². The molecule has 0 bridgehead atoms. The van der Waals surface area contributed by atoms with Crippen LogP contribution in [0.25, 0.3) is 22.0 Å². The summed E-state index contributed by atoms with van der Waals surface area (Å²) < 4.78 is 11.8. The first-order valence-corrected chi connectivity index (χ1v) is 13.6. The number of fused-ring (bicyclic) bond motifs is 1. The Balaban J connectivity index is 1.60. The van der Waals surface area contributed by atoms with Crippen LogP contribution in [0.4, 0.5) is 5.82 Å². The predicted molar refractivity (Wildman–Crippen MR) is 155 cm³/mol. The Bertz CT molecular complexity index is 1360. The molecule has 7 heteroatoms. The summed E-state index contributed by atoms with van der Waals surface area (Å²) in [5.41, 5.74) is 4.83. The smallest absolute Gasteiger partial charge is 0.163 e. The van der Waals surface area contributed by atoms with Crippen LogP contribution in [0.3, 0.4) is 0 Å². The molecule has 37 heavy (non-hydrogen) atoms. The number of thiophene rings is 1. The maximum absolute atomic E-state index is 6.11. The zero-order valence-electron chi connectivity index (χ0n) is 22.9. The van der Waals surface area contributed by atoms with Gasteiger partial charge in [0, 0.05) is 22.9 Å².